The van der Waals surface area contributed by atoms with Gasteiger partial charge in [0.15, 0.2) is 0 Å². The molecule has 2 aromatic rings. The summed E-state index contributed by atoms with van der Waals surface area (Å²) in [4.78, 5) is 8.65. The summed E-state index contributed by atoms with van der Waals surface area (Å²) in [5.41, 5.74) is 7.29. The zero-order valence-electron chi connectivity index (χ0n) is 10.7. The van der Waals surface area contributed by atoms with E-state index in [9.17, 15) is 4.39 Å². The van der Waals surface area contributed by atoms with Gasteiger partial charge in [-0.15, -0.1) is 0 Å². The van der Waals surface area contributed by atoms with Gasteiger partial charge in [0.2, 0.25) is 0 Å². The third kappa shape index (κ3) is 2.81. The van der Waals surface area contributed by atoms with Crippen LogP contribution in [-0.2, 0) is 0 Å². The standard InChI is InChI=1S/C14H15FN4/c1-8-4-10(15)6-11(5-8)17-13-7-12(16)18-14(19-13)9-2-3-9/h4-7,9H,2-3H2,1H3,(H3,16,17,18,19). The fourth-order valence-corrected chi connectivity index (χ4v) is 2.03. The summed E-state index contributed by atoms with van der Waals surface area (Å²) < 4.78 is 13.3. The van der Waals surface area contributed by atoms with Gasteiger partial charge in [0.05, 0.1) is 0 Å². The maximum absolute atomic E-state index is 13.3. The summed E-state index contributed by atoms with van der Waals surface area (Å²) in [7, 11) is 0. The molecule has 0 radical (unpaired) electrons. The van der Waals surface area contributed by atoms with Crippen LogP contribution in [0.3, 0.4) is 0 Å². The smallest absolute Gasteiger partial charge is 0.136 e. The highest BCUT2D eigenvalue weighted by molar-refractivity contribution is 5.59. The van der Waals surface area contributed by atoms with Crippen LogP contribution in [0.15, 0.2) is 24.3 Å². The summed E-state index contributed by atoms with van der Waals surface area (Å²) in [6.45, 7) is 1.85. The van der Waals surface area contributed by atoms with E-state index < -0.39 is 0 Å². The fraction of sp³-hybridized carbons (Fsp3) is 0.286. The van der Waals surface area contributed by atoms with E-state index in [2.05, 4.69) is 15.3 Å². The van der Waals surface area contributed by atoms with Gasteiger partial charge in [0.1, 0.15) is 23.3 Å². The number of nitrogen functional groups attached to an aromatic ring is 1. The van der Waals surface area contributed by atoms with Crippen molar-refractivity contribution in [2.75, 3.05) is 11.1 Å². The Bertz CT molecular complexity index is 603. The van der Waals surface area contributed by atoms with Crippen molar-refractivity contribution in [3.05, 3.63) is 41.5 Å². The monoisotopic (exact) mass is 258 g/mol. The molecular formula is C14H15FN4. The molecule has 1 saturated carbocycles. The lowest BCUT2D eigenvalue weighted by atomic mass is 10.2. The van der Waals surface area contributed by atoms with Gasteiger partial charge in [-0.05, 0) is 43.5 Å². The number of halogens is 1. The molecular weight excluding hydrogens is 243 g/mol. The summed E-state index contributed by atoms with van der Waals surface area (Å²) in [5, 5.41) is 3.08. The van der Waals surface area contributed by atoms with Crippen LogP contribution in [0.25, 0.3) is 0 Å². The van der Waals surface area contributed by atoms with E-state index in [1.807, 2.05) is 13.0 Å². The molecule has 1 fully saturated rings. The van der Waals surface area contributed by atoms with Gasteiger partial charge in [-0.2, -0.15) is 0 Å². The Kier molecular flexibility index (Phi) is 2.81. The van der Waals surface area contributed by atoms with E-state index in [0.29, 0.717) is 23.2 Å². The van der Waals surface area contributed by atoms with Crippen molar-refractivity contribution >= 4 is 17.3 Å². The number of anilines is 3. The first kappa shape index (κ1) is 11.9. The molecule has 19 heavy (non-hydrogen) atoms. The third-order valence-electron chi connectivity index (χ3n) is 3.02. The van der Waals surface area contributed by atoms with Gasteiger partial charge >= 0.3 is 0 Å². The van der Waals surface area contributed by atoms with Crippen molar-refractivity contribution in [2.45, 2.75) is 25.7 Å². The molecule has 1 heterocycles. The van der Waals surface area contributed by atoms with Crippen molar-refractivity contribution in [2.24, 2.45) is 0 Å². The molecule has 4 nitrogen and oxygen atoms in total. The number of benzene rings is 1. The van der Waals surface area contributed by atoms with Crippen LogP contribution in [0.1, 0.15) is 30.1 Å². The number of nitrogens with two attached hydrogens (primary N) is 1. The molecule has 0 aliphatic heterocycles. The van der Waals surface area contributed by atoms with E-state index in [4.69, 9.17) is 5.73 Å². The second-order valence-corrected chi connectivity index (χ2v) is 4.95. The quantitative estimate of drug-likeness (QED) is 0.887. The van der Waals surface area contributed by atoms with E-state index in [0.717, 1.165) is 24.2 Å². The van der Waals surface area contributed by atoms with E-state index in [-0.39, 0.29) is 5.82 Å². The highest BCUT2D eigenvalue weighted by atomic mass is 19.1. The predicted molar refractivity (Wildman–Crippen MR) is 72.8 cm³/mol. The van der Waals surface area contributed by atoms with Crippen LogP contribution >= 0.6 is 0 Å². The minimum atomic E-state index is -0.271. The number of hydrogen-bond donors (Lipinski definition) is 2. The third-order valence-corrected chi connectivity index (χ3v) is 3.02. The molecule has 98 valence electrons. The maximum Gasteiger partial charge on any atom is 0.136 e. The lowest BCUT2D eigenvalue weighted by Gasteiger charge is -2.09. The van der Waals surface area contributed by atoms with Crippen LogP contribution in [0.4, 0.5) is 21.7 Å². The highest BCUT2D eigenvalue weighted by Crippen LogP contribution is 2.38. The second-order valence-electron chi connectivity index (χ2n) is 4.95. The minimum Gasteiger partial charge on any atom is -0.384 e. The molecule has 3 rings (SSSR count). The average molecular weight is 258 g/mol. The number of nitrogens with zero attached hydrogens (tertiary/aromatic N) is 2. The van der Waals surface area contributed by atoms with Crippen molar-refractivity contribution in [1.29, 1.82) is 0 Å². The van der Waals surface area contributed by atoms with Crippen molar-refractivity contribution in [3.8, 4) is 0 Å². The highest BCUT2D eigenvalue weighted by Gasteiger charge is 2.27. The molecule has 5 heteroatoms. The molecule has 1 aliphatic carbocycles. The first-order valence-corrected chi connectivity index (χ1v) is 6.29. The maximum atomic E-state index is 13.3. The number of aromatic nitrogens is 2. The normalized spacial score (nSPS) is 14.4. The van der Waals surface area contributed by atoms with Crippen molar-refractivity contribution in [3.63, 3.8) is 0 Å². The van der Waals surface area contributed by atoms with E-state index in [1.54, 1.807) is 6.07 Å². The molecule has 0 bridgehead atoms. The number of hydrogen-bond acceptors (Lipinski definition) is 4. The summed E-state index contributed by atoms with van der Waals surface area (Å²) in [6, 6.07) is 6.43. The van der Waals surface area contributed by atoms with Crippen LogP contribution in [0.2, 0.25) is 0 Å². The van der Waals surface area contributed by atoms with Crippen LogP contribution in [0.5, 0.6) is 0 Å². The van der Waals surface area contributed by atoms with E-state index >= 15 is 0 Å². The van der Waals surface area contributed by atoms with Gasteiger partial charge in [-0.25, -0.2) is 14.4 Å². The fourth-order valence-electron chi connectivity index (χ4n) is 2.03. The minimum absolute atomic E-state index is 0.271. The van der Waals surface area contributed by atoms with Crippen LogP contribution < -0.4 is 11.1 Å². The predicted octanol–water partition coefficient (Wildman–Crippen LogP) is 3.13. The van der Waals surface area contributed by atoms with Crippen LogP contribution in [-0.4, -0.2) is 9.97 Å². The van der Waals surface area contributed by atoms with Crippen molar-refractivity contribution in [1.82, 2.24) is 9.97 Å². The lowest BCUT2D eigenvalue weighted by molar-refractivity contribution is 0.627. The Balaban J connectivity index is 1.89. The van der Waals surface area contributed by atoms with E-state index in [1.165, 1.54) is 12.1 Å². The van der Waals surface area contributed by atoms with Crippen LogP contribution in [0, 0.1) is 12.7 Å². The Morgan fingerprint density at radius 1 is 1.21 bits per heavy atom. The SMILES string of the molecule is Cc1cc(F)cc(Nc2cc(N)nc(C3CC3)n2)c1. The molecule has 1 aromatic carbocycles. The average Bonchev–Trinajstić information content (AvgIpc) is 3.09. The topological polar surface area (TPSA) is 63.8 Å². The largest absolute Gasteiger partial charge is 0.384 e. The first-order chi connectivity index (χ1) is 9.10. The van der Waals surface area contributed by atoms with Crippen molar-refractivity contribution < 1.29 is 4.39 Å². The lowest BCUT2D eigenvalue weighted by Crippen LogP contribution is -2.03. The Hall–Kier alpha value is -2.17. The summed E-state index contributed by atoms with van der Waals surface area (Å²) in [5.74, 6) is 1.98. The Morgan fingerprint density at radius 2 is 2.00 bits per heavy atom. The Morgan fingerprint density at radius 3 is 2.68 bits per heavy atom. The number of aryl methyl sites for hydroxylation is 1. The molecule has 3 N–H and O–H groups in total. The second kappa shape index (κ2) is 4.50. The summed E-state index contributed by atoms with van der Waals surface area (Å²) in [6.07, 6.45) is 2.23. The zero-order valence-corrected chi connectivity index (χ0v) is 10.7. The summed E-state index contributed by atoms with van der Waals surface area (Å²) >= 11 is 0. The van der Waals surface area contributed by atoms with Gasteiger partial charge in [-0.3, -0.25) is 0 Å². The molecule has 0 saturated heterocycles. The number of rotatable bonds is 3. The molecule has 1 aromatic heterocycles. The van der Waals surface area contributed by atoms with Gasteiger partial charge < -0.3 is 11.1 Å². The zero-order chi connectivity index (χ0) is 13.4. The van der Waals surface area contributed by atoms with Gasteiger partial charge in [-0.1, -0.05) is 0 Å². The molecule has 0 amide bonds. The number of nitrogens with one attached hydrogen (secondary N) is 1. The Labute approximate surface area is 110 Å². The molecule has 0 atom stereocenters. The first-order valence-electron chi connectivity index (χ1n) is 6.29. The molecule has 0 spiro atoms. The van der Waals surface area contributed by atoms with Gasteiger partial charge in [0, 0.05) is 17.7 Å². The van der Waals surface area contributed by atoms with Gasteiger partial charge in [0.25, 0.3) is 0 Å². The molecule has 1 aliphatic rings. The molecule has 0 unspecified atom stereocenters.